The summed E-state index contributed by atoms with van der Waals surface area (Å²) in [5.41, 5.74) is -2.18. The highest BCUT2D eigenvalue weighted by Crippen LogP contribution is 2.35. The molecule has 2 aromatic carbocycles. The van der Waals surface area contributed by atoms with E-state index < -0.39 is 53.1 Å². The summed E-state index contributed by atoms with van der Waals surface area (Å²) >= 11 is 0. The molecule has 1 aliphatic heterocycles. The molecule has 0 spiro atoms. The van der Waals surface area contributed by atoms with E-state index in [2.05, 4.69) is 17.2 Å². The molecule has 3 rings (SSSR count). The van der Waals surface area contributed by atoms with Crippen LogP contribution in [0.1, 0.15) is 51.7 Å². The molecule has 8 nitrogen and oxygen atoms in total. The van der Waals surface area contributed by atoms with Crippen LogP contribution in [-0.2, 0) is 9.53 Å². The van der Waals surface area contributed by atoms with Crippen molar-refractivity contribution in [2.75, 3.05) is 24.6 Å². The number of halogens is 2. The van der Waals surface area contributed by atoms with Crippen molar-refractivity contribution < 1.29 is 33.0 Å². The summed E-state index contributed by atoms with van der Waals surface area (Å²) in [6, 6.07) is 9.75. The molecule has 1 aliphatic rings. The topological polar surface area (TPSA) is 99.2 Å². The summed E-state index contributed by atoms with van der Waals surface area (Å²) in [5.74, 6) is 2.35. The van der Waals surface area contributed by atoms with E-state index in [1.807, 2.05) is 6.07 Å². The van der Waals surface area contributed by atoms with Crippen LogP contribution in [0.4, 0.5) is 24.1 Å². The third-order valence-electron chi connectivity index (χ3n) is 6.05. The van der Waals surface area contributed by atoms with Gasteiger partial charge in [-0.15, -0.1) is 0 Å². The Kier molecular flexibility index (Phi) is 8.74. The molecule has 0 aliphatic carbocycles. The second-order valence-electron chi connectivity index (χ2n) is 9.91. The first-order chi connectivity index (χ1) is 17.9. The second kappa shape index (κ2) is 11.6. The zero-order valence-corrected chi connectivity index (χ0v) is 21.8. The SMILES string of the molecule is CCC1(CO)CC(=O)N(c2c(F)cc(C#Cc3ccccc3)cc2F)C(=O)N1CCNC(=O)OC(C)(C)C. The molecule has 2 N–H and O–H groups in total. The van der Waals surface area contributed by atoms with Crippen LogP contribution < -0.4 is 10.2 Å². The zero-order chi connectivity index (χ0) is 28.1. The van der Waals surface area contributed by atoms with E-state index in [4.69, 9.17) is 4.74 Å². The van der Waals surface area contributed by atoms with Gasteiger partial charge in [-0.25, -0.2) is 23.3 Å². The molecular weight excluding hydrogens is 496 g/mol. The number of hydrogen-bond acceptors (Lipinski definition) is 5. The molecule has 0 aromatic heterocycles. The van der Waals surface area contributed by atoms with E-state index in [1.54, 1.807) is 52.0 Å². The molecular formula is C28H31F2N3O5. The van der Waals surface area contributed by atoms with Crippen molar-refractivity contribution in [1.82, 2.24) is 10.2 Å². The van der Waals surface area contributed by atoms with Crippen molar-refractivity contribution >= 4 is 23.7 Å². The molecule has 0 radical (unpaired) electrons. The molecule has 1 atom stereocenters. The molecule has 0 bridgehead atoms. The fraction of sp³-hybridized carbons (Fsp3) is 0.393. The van der Waals surface area contributed by atoms with E-state index in [0.717, 1.165) is 17.0 Å². The monoisotopic (exact) mass is 527 g/mol. The normalized spacial score (nSPS) is 17.7. The summed E-state index contributed by atoms with van der Waals surface area (Å²) in [4.78, 5) is 40.2. The fourth-order valence-electron chi connectivity index (χ4n) is 4.11. The molecule has 38 heavy (non-hydrogen) atoms. The number of urea groups is 1. The zero-order valence-electron chi connectivity index (χ0n) is 21.8. The van der Waals surface area contributed by atoms with Gasteiger partial charge in [0, 0.05) is 24.2 Å². The highest BCUT2D eigenvalue weighted by Gasteiger charge is 2.49. The molecule has 10 heteroatoms. The third-order valence-corrected chi connectivity index (χ3v) is 6.05. The molecule has 1 fully saturated rings. The minimum atomic E-state index is -1.30. The summed E-state index contributed by atoms with van der Waals surface area (Å²) in [7, 11) is 0. The Balaban J connectivity index is 1.88. The highest BCUT2D eigenvalue weighted by atomic mass is 19.1. The smallest absolute Gasteiger partial charge is 0.407 e. The predicted octanol–water partition coefficient (Wildman–Crippen LogP) is 4.19. The lowest BCUT2D eigenvalue weighted by Gasteiger charge is -2.48. The largest absolute Gasteiger partial charge is 0.444 e. The fourth-order valence-corrected chi connectivity index (χ4v) is 4.11. The van der Waals surface area contributed by atoms with Gasteiger partial charge >= 0.3 is 12.1 Å². The number of alkyl carbamates (subject to hydrolysis) is 1. The van der Waals surface area contributed by atoms with E-state index in [9.17, 15) is 19.5 Å². The highest BCUT2D eigenvalue weighted by molar-refractivity contribution is 6.16. The van der Waals surface area contributed by atoms with Crippen molar-refractivity contribution in [3.05, 3.63) is 65.2 Å². The molecule has 4 amide bonds. The average molecular weight is 528 g/mol. The van der Waals surface area contributed by atoms with Gasteiger partial charge in [0.05, 0.1) is 18.6 Å². The number of nitrogens with zero attached hydrogens (tertiary/aromatic N) is 2. The van der Waals surface area contributed by atoms with Gasteiger partial charge in [0.15, 0.2) is 11.6 Å². The molecule has 1 saturated heterocycles. The number of rotatable bonds is 6. The summed E-state index contributed by atoms with van der Waals surface area (Å²) in [6.07, 6.45) is -0.891. The molecule has 1 heterocycles. The van der Waals surface area contributed by atoms with Crippen LogP contribution in [0.3, 0.4) is 0 Å². The number of anilines is 1. The maximum atomic E-state index is 15.2. The number of ether oxygens (including phenoxy) is 1. The number of benzene rings is 2. The summed E-state index contributed by atoms with van der Waals surface area (Å²) in [6.45, 7) is 5.99. The second-order valence-corrected chi connectivity index (χ2v) is 9.91. The van der Waals surface area contributed by atoms with E-state index in [1.165, 1.54) is 0 Å². The molecule has 202 valence electrons. The summed E-state index contributed by atoms with van der Waals surface area (Å²) in [5, 5.41) is 12.6. The Labute approximate surface area is 220 Å². The first kappa shape index (κ1) is 28.6. The maximum absolute atomic E-state index is 15.2. The van der Waals surface area contributed by atoms with Crippen molar-refractivity contribution in [1.29, 1.82) is 0 Å². The van der Waals surface area contributed by atoms with Crippen LogP contribution >= 0.6 is 0 Å². The predicted molar refractivity (Wildman–Crippen MR) is 137 cm³/mol. The Morgan fingerprint density at radius 3 is 2.26 bits per heavy atom. The number of imide groups is 1. The van der Waals surface area contributed by atoms with Crippen molar-refractivity contribution in [3.63, 3.8) is 0 Å². The average Bonchev–Trinajstić information content (AvgIpc) is 2.85. The van der Waals surface area contributed by atoms with Crippen LogP contribution in [0.5, 0.6) is 0 Å². The number of hydrogen-bond donors (Lipinski definition) is 2. The first-order valence-electron chi connectivity index (χ1n) is 12.2. The van der Waals surface area contributed by atoms with Gasteiger partial charge in [-0.05, 0) is 51.5 Å². The van der Waals surface area contributed by atoms with Crippen molar-refractivity contribution in [2.24, 2.45) is 0 Å². The van der Waals surface area contributed by atoms with Gasteiger partial charge in [-0.1, -0.05) is 37.0 Å². The number of amides is 4. The van der Waals surface area contributed by atoms with Crippen LogP contribution in [0.2, 0.25) is 0 Å². The lowest BCUT2D eigenvalue weighted by atomic mass is 9.87. The van der Waals surface area contributed by atoms with Gasteiger partial charge < -0.3 is 20.1 Å². The standard InChI is InChI=1S/C28H31F2N3O5/c1-5-28(18-34)17-23(35)33(26(37)32(28)14-13-31-25(36)38-27(2,3)4)24-21(29)15-20(16-22(24)30)12-11-19-9-7-6-8-10-19/h6-10,15-16,34H,5,13-14,17-18H2,1-4H3,(H,31,36). The van der Waals surface area contributed by atoms with E-state index in [-0.39, 0.29) is 31.5 Å². The lowest BCUT2D eigenvalue weighted by molar-refractivity contribution is -0.124. The van der Waals surface area contributed by atoms with Gasteiger partial charge in [0.2, 0.25) is 5.91 Å². The number of aliphatic hydroxyl groups is 1. The number of aliphatic hydroxyl groups excluding tert-OH is 1. The molecule has 0 saturated carbocycles. The molecule has 1 unspecified atom stereocenters. The Morgan fingerprint density at radius 1 is 1.11 bits per heavy atom. The number of carbonyl (C=O) groups is 3. The van der Waals surface area contributed by atoms with Crippen LogP contribution in [0.25, 0.3) is 0 Å². The Bertz CT molecular complexity index is 1240. The van der Waals surface area contributed by atoms with Crippen LogP contribution in [0.15, 0.2) is 42.5 Å². The number of carbonyl (C=O) groups excluding carboxylic acids is 3. The van der Waals surface area contributed by atoms with Crippen LogP contribution in [0, 0.1) is 23.5 Å². The van der Waals surface area contributed by atoms with Gasteiger partial charge in [0.25, 0.3) is 0 Å². The van der Waals surface area contributed by atoms with Crippen molar-refractivity contribution in [2.45, 2.75) is 51.7 Å². The lowest BCUT2D eigenvalue weighted by Crippen LogP contribution is -2.66. The Hall–Kier alpha value is -3.97. The minimum absolute atomic E-state index is 0.0289. The van der Waals surface area contributed by atoms with Gasteiger partial charge in [-0.3, -0.25) is 4.79 Å². The van der Waals surface area contributed by atoms with Gasteiger partial charge in [-0.2, -0.15) is 0 Å². The maximum Gasteiger partial charge on any atom is 0.407 e. The Morgan fingerprint density at radius 2 is 1.71 bits per heavy atom. The first-order valence-corrected chi connectivity index (χ1v) is 12.2. The van der Waals surface area contributed by atoms with E-state index in [0.29, 0.717) is 10.5 Å². The van der Waals surface area contributed by atoms with E-state index >= 15 is 8.78 Å². The van der Waals surface area contributed by atoms with Crippen molar-refractivity contribution in [3.8, 4) is 11.8 Å². The van der Waals surface area contributed by atoms with Crippen LogP contribution in [-0.4, -0.2) is 58.9 Å². The summed E-state index contributed by atoms with van der Waals surface area (Å²) < 4.78 is 35.5. The molecule has 2 aromatic rings. The van der Waals surface area contributed by atoms with Gasteiger partial charge in [0.1, 0.15) is 11.3 Å². The minimum Gasteiger partial charge on any atom is -0.444 e. The quantitative estimate of drug-likeness (QED) is 0.549. The third kappa shape index (κ3) is 6.47. The number of nitrogens with one attached hydrogen (secondary N) is 1.